The average molecular weight is 399 g/mol. The smallest absolute Gasteiger partial charge is 0.175 e. The zero-order valence-electron chi connectivity index (χ0n) is 15.9. The van der Waals surface area contributed by atoms with Gasteiger partial charge in [0, 0.05) is 10.7 Å². The Kier molecular flexibility index (Phi) is 5.82. The number of nitrogens with zero attached hydrogens (tertiary/aromatic N) is 2. The predicted molar refractivity (Wildman–Crippen MR) is 118 cm³/mol. The first kappa shape index (κ1) is 19.4. The number of halogens is 1. The van der Waals surface area contributed by atoms with E-state index < -0.39 is 0 Å². The fourth-order valence-corrected chi connectivity index (χ4v) is 3.38. The van der Waals surface area contributed by atoms with E-state index in [1.54, 1.807) is 0 Å². The van der Waals surface area contributed by atoms with Crippen molar-refractivity contribution in [3.8, 4) is 0 Å². The van der Waals surface area contributed by atoms with E-state index in [0.717, 1.165) is 33.3 Å². The highest BCUT2D eigenvalue weighted by Gasteiger charge is 2.14. The second-order valence-electron chi connectivity index (χ2n) is 6.62. The monoisotopic (exact) mass is 398 g/mol. The number of nitrogens with one attached hydrogen (secondary N) is 2. The molecule has 0 saturated carbocycles. The maximum atomic E-state index is 6.29. The number of thiocarbonyl (C=S) groups is 1. The van der Waals surface area contributed by atoms with Gasteiger partial charge in [-0.05, 0) is 68.7 Å². The molecular weight excluding hydrogens is 376 g/mol. The van der Waals surface area contributed by atoms with Crippen LogP contribution in [0.25, 0.3) is 0 Å². The standard InChI is InChI=1S/C21H23ClN4S/c1-13-8-7-11-19(14(13)2)23-21(27)24-20-15(3)25-26(16(20)4)12-17-9-5-6-10-18(17)22/h5-11H,12H2,1-4H3,(H2,23,24,27). The zero-order valence-corrected chi connectivity index (χ0v) is 17.5. The Morgan fingerprint density at radius 2 is 1.78 bits per heavy atom. The highest BCUT2D eigenvalue weighted by Crippen LogP contribution is 2.24. The molecule has 27 heavy (non-hydrogen) atoms. The molecule has 140 valence electrons. The summed E-state index contributed by atoms with van der Waals surface area (Å²) in [6.45, 7) is 8.78. The summed E-state index contributed by atoms with van der Waals surface area (Å²) < 4.78 is 1.94. The Balaban J connectivity index is 1.77. The molecule has 3 rings (SSSR count). The summed E-state index contributed by atoms with van der Waals surface area (Å²) in [4.78, 5) is 0. The third kappa shape index (κ3) is 4.31. The van der Waals surface area contributed by atoms with E-state index in [9.17, 15) is 0 Å². The topological polar surface area (TPSA) is 41.9 Å². The highest BCUT2D eigenvalue weighted by atomic mass is 35.5. The van der Waals surface area contributed by atoms with Crippen LogP contribution >= 0.6 is 23.8 Å². The van der Waals surface area contributed by atoms with Gasteiger partial charge < -0.3 is 10.6 Å². The Bertz CT molecular complexity index is 994. The number of anilines is 2. The molecule has 0 bridgehead atoms. The van der Waals surface area contributed by atoms with E-state index in [4.69, 9.17) is 23.8 Å². The molecule has 1 heterocycles. The lowest BCUT2D eigenvalue weighted by atomic mass is 10.1. The number of aryl methyl sites for hydroxylation is 2. The first-order chi connectivity index (χ1) is 12.9. The van der Waals surface area contributed by atoms with Crippen molar-refractivity contribution in [2.45, 2.75) is 34.2 Å². The molecule has 0 aliphatic heterocycles. The quantitative estimate of drug-likeness (QED) is 0.559. The van der Waals surface area contributed by atoms with Crippen LogP contribution in [0.2, 0.25) is 5.02 Å². The van der Waals surface area contributed by atoms with Gasteiger partial charge in [0.05, 0.1) is 23.6 Å². The summed E-state index contributed by atoms with van der Waals surface area (Å²) in [6, 6.07) is 13.9. The molecule has 0 spiro atoms. The normalized spacial score (nSPS) is 10.7. The van der Waals surface area contributed by atoms with Crippen molar-refractivity contribution >= 4 is 40.3 Å². The molecule has 0 unspecified atom stereocenters. The average Bonchev–Trinajstić information content (AvgIpc) is 2.88. The summed E-state index contributed by atoms with van der Waals surface area (Å²) in [5.74, 6) is 0. The van der Waals surface area contributed by atoms with Crippen LogP contribution in [-0.4, -0.2) is 14.9 Å². The summed E-state index contributed by atoms with van der Waals surface area (Å²) in [5.41, 5.74) is 7.28. The Morgan fingerprint density at radius 3 is 2.52 bits per heavy atom. The molecule has 0 saturated heterocycles. The molecule has 4 nitrogen and oxygen atoms in total. The lowest BCUT2D eigenvalue weighted by molar-refractivity contribution is 0.659. The SMILES string of the molecule is Cc1cccc(NC(=S)Nc2c(C)nn(Cc3ccccc3Cl)c2C)c1C. The van der Waals surface area contributed by atoms with Crippen LogP contribution in [0.1, 0.15) is 28.1 Å². The van der Waals surface area contributed by atoms with Gasteiger partial charge in [-0.25, -0.2) is 0 Å². The Labute approximate surface area is 170 Å². The second kappa shape index (κ2) is 8.11. The van der Waals surface area contributed by atoms with Gasteiger partial charge in [0.2, 0.25) is 0 Å². The van der Waals surface area contributed by atoms with Crippen molar-refractivity contribution in [3.63, 3.8) is 0 Å². The maximum Gasteiger partial charge on any atom is 0.175 e. The zero-order chi connectivity index (χ0) is 19.6. The van der Waals surface area contributed by atoms with Gasteiger partial charge in [-0.1, -0.05) is 41.9 Å². The fourth-order valence-electron chi connectivity index (χ4n) is 2.97. The van der Waals surface area contributed by atoms with Crippen molar-refractivity contribution in [3.05, 3.63) is 75.6 Å². The fraction of sp³-hybridized carbons (Fsp3) is 0.238. The number of benzene rings is 2. The van der Waals surface area contributed by atoms with Gasteiger partial charge in [0.25, 0.3) is 0 Å². The minimum Gasteiger partial charge on any atom is -0.332 e. The molecule has 3 aromatic rings. The van der Waals surface area contributed by atoms with Crippen molar-refractivity contribution in [1.29, 1.82) is 0 Å². The van der Waals surface area contributed by atoms with Crippen LogP contribution in [0.4, 0.5) is 11.4 Å². The summed E-state index contributed by atoms with van der Waals surface area (Å²) in [7, 11) is 0. The van der Waals surface area contributed by atoms with Gasteiger partial charge in [0.1, 0.15) is 0 Å². The van der Waals surface area contributed by atoms with Crippen molar-refractivity contribution < 1.29 is 0 Å². The lowest BCUT2D eigenvalue weighted by Crippen LogP contribution is -2.20. The van der Waals surface area contributed by atoms with Gasteiger partial charge >= 0.3 is 0 Å². The molecular formula is C21H23ClN4S. The molecule has 1 aromatic heterocycles. The molecule has 2 aromatic carbocycles. The predicted octanol–water partition coefficient (Wildman–Crippen LogP) is 5.63. The van der Waals surface area contributed by atoms with Gasteiger partial charge in [-0.15, -0.1) is 0 Å². The van der Waals surface area contributed by atoms with Gasteiger partial charge in [-0.3, -0.25) is 4.68 Å². The van der Waals surface area contributed by atoms with Crippen LogP contribution in [-0.2, 0) is 6.54 Å². The summed E-state index contributed by atoms with van der Waals surface area (Å²) >= 11 is 11.8. The molecule has 0 aliphatic carbocycles. The molecule has 0 atom stereocenters. The molecule has 0 fully saturated rings. The summed E-state index contributed by atoms with van der Waals surface area (Å²) in [6.07, 6.45) is 0. The van der Waals surface area contributed by atoms with Crippen molar-refractivity contribution in [2.75, 3.05) is 10.6 Å². The van der Waals surface area contributed by atoms with Crippen LogP contribution in [0.15, 0.2) is 42.5 Å². The van der Waals surface area contributed by atoms with Gasteiger partial charge in [0.15, 0.2) is 5.11 Å². The van der Waals surface area contributed by atoms with E-state index in [2.05, 4.69) is 35.6 Å². The molecule has 0 radical (unpaired) electrons. The highest BCUT2D eigenvalue weighted by molar-refractivity contribution is 7.80. The number of aromatic nitrogens is 2. The third-order valence-corrected chi connectivity index (χ3v) is 5.32. The van der Waals surface area contributed by atoms with Crippen molar-refractivity contribution in [2.24, 2.45) is 0 Å². The van der Waals surface area contributed by atoms with Crippen LogP contribution in [0.3, 0.4) is 0 Å². The number of hydrogen-bond acceptors (Lipinski definition) is 2. The molecule has 2 N–H and O–H groups in total. The first-order valence-corrected chi connectivity index (χ1v) is 9.57. The summed E-state index contributed by atoms with van der Waals surface area (Å²) in [5, 5.41) is 12.5. The first-order valence-electron chi connectivity index (χ1n) is 8.78. The minimum atomic E-state index is 0.548. The number of rotatable bonds is 4. The molecule has 6 heteroatoms. The van der Waals surface area contributed by atoms with Gasteiger partial charge in [-0.2, -0.15) is 5.10 Å². The molecule has 0 amide bonds. The van der Waals surface area contributed by atoms with Crippen LogP contribution in [0, 0.1) is 27.7 Å². The van der Waals surface area contributed by atoms with E-state index >= 15 is 0 Å². The molecule has 0 aliphatic rings. The van der Waals surface area contributed by atoms with Crippen molar-refractivity contribution in [1.82, 2.24) is 9.78 Å². The second-order valence-corrected chi connectivity index (χ2v) is 7.44. The van der Waals surface area contributed by atoms with E-state index in [1.807, 2.05) is 54.9 Å². The van der Waals surface area contributed by atoms with Crippen LogP contribution in [0.5, 0.6) is 0 Å². The van der Waals surface area contributed by atoms with E-state index in [-0.39, 0.29) is 0 Å². The maximum absolute atomic E-state index is 6.29. The van der Waals surface area contributed by atoms with Crippen LogP contribution < -0.4 is 10.6 Å². The lowest BCUT2D eigenvalue weighted by Gasteiger charge is -2.14. The largest absolute Gasteiger partial charge is 0.332 e. The third-order valence-electron chi connectivity index (χ3n) is 4.75. The van der Waals surface area contributed by atoms with E-state index in [0.29, 0.717) is 11.7 Å². The Hall–Kier alpha value is -2.37. The number of hydrogen-bond donors (Lipinski definition) is 2. The van der Waals surface area contributed by atoms with E-state index in [1.165, 1.54) is 11.1 Å². The minimum absolute atomic E-state index is 0.548. The Morgan fingerprint density at radius 1 is 1.04 bits per heavy atom.